The van der Waals surface area contributed by atoms with Crippen LogP contribution in [-0.4, -0.2) is 23.4 Å². The second-order valence-corrected chi connectivity index (χ2v) is 6.66. The van der Waals surface area contributed by atoms with Crippen molar-refractivity contribution in [2.75, 3.05) is 12.4 Å². The van der Waals surface area contributed by atoms with Crippen LogP contribution >= 0.6 is 23.4 Å². The van der Waals surface area contributed by atoms with E-state index in [2.05, 4.69) is 13.8 Å². The molecule has 0 amide bonds. The molecule has 0 aromatic heterocycles. The maximum Gasteiger partial charge on any atom is 0.176 e. The molecule has 0 atom stereocenters. The predicted molar refractivity (Wildman–Crippen MR) is 84.0 cm³/mol. The van der Waals surface area contributed by atoms with Crippen molar-refractivity contribution < 1.29 is 9.53 Å². The Morgan fingerprint density at radius 3 is 2.58 bits per heavy atom. The van der Waals surface area contributed by atoms with Crippen molar-refractivity contribution in [2.24, 2.45) is 0 Å². The topological polar surface area (TPSA) is 26.3 Å². The predicted octanol–water partition coefficient (Wildman–Crippen LogP) is 4.68. The van der Waals surface area contributed by atoms with Crippen LogP contribution in [0.2, 0.25) is 5.02 Å². The molecule has 0 aliphatic heterocycles. The van der Waals surface area contributed by atoms with Crippen molar-refractivity contribution in [1.82, 2.24) is 0 Å². The van der Waals surface area contributed by atoms with Crippen molar-refractivity contribution in [2.45, 2.75) is 39.9 Å². The fourth-order valence-electron chi connectivity index (χ4n) is 1.85. The fourth-order valence-corrected chi connectivity index (χ4v) is 2.63. The molecule has 0 N–H and O–H groups in total. The molecule has 0 aliphatic rings. The Bertz CT molecular complexity index is 470. The lowest BCUT2D eigenvalue weighted by Crippen LogP contribution is -2.11. The molecule has 0 radical (unpaired) electrons. The summed E-state index contributed by atoms with van der Waals surface area (Å²) in [4.78, 5) is 12.4. The molecule has 0 bridgehead atoms. The van der Waals surface area contributed by atoms with Crippen LogP contribution < -0.4 is 4.74 Å². The molecule has 4 heteroatoms. The molecule has 2 nitrogen and oxygen atoms in total. The number of thioether (sulfide) groups is 1. The van der Waals surface area contributed by atoms with Crippen molar-refractivity contribution >= 4 is 29.1 Å². The lowest BCUT2D eigenvalue weighted by Gasteiger charge is -2.15. The molecule has 0 heterocycles. The number of ether oxygens (including phenoxy) is 1. The zero-order chi connectivity index (χ0) is 14.6. The van der Waals surface area contributed by atoms with Crippen molar-refractivity contribution in [1.29, 1.82) is 0 Å². The first kappa shape index (κ1) is 16.4. The van der Waals surface area contributed by atoms with E-state index in [0.717, 1.165) is 11.1 Å². The van der Waals surface area contributed by atoms with Crippen LogP contribution in [0.3, 0.4) is 0 Å². The quantitative estimate of drug-likeness (QED) is 0.714. The van der Waals surface area contributed by atoms with Gasteiger partial charge >= 0.3 is 0 Å². The first-order chi connectivity index (χ1) is 8.88. The molecule has 0 aliphatic carbocycles. The minimum absolute atomic E-state index is 0.0848. The summed E-state index contributed by atoms with van der Waals surface area (Å²) >= 11 is 7.88. The third kappa shape index (κ3) is 4.15. The van der Waals surface area contributed by atoms with E-state index in [9.17, 15) is 4.79 Å². The molecule has 19 heavy (non-hydrogen) atoms. The molecule has 0 saturated carbocycles. The number of benzene rings is 1. The average Bonchev–Trinajstić information content (AvgIpc) is 2.34. The third-order valence-corrected chi connectivity index (χ3v) is 4.45. The van der Waals surface area contributed by atoms with E-state index in [1.165, 1.54) is 0 Å². The first-order valence-corrected chi connectivity index (χ1v) is 7.88. The Morgan fingerprint density at radius 2 is 2.05 bits per heavy atom. The van der Waals surface area contributed by atoms with Gasteiger partial charge in [-0.3, -0.25) is 4.79 Å². The minimum Gasteiger partial charge on any atom is -0.493 e. The number of hydrogen-bond acceptors (Lipinski definition) is 3. The number of rotatable bonds is 6. The lowest BCUT2D eigenvalue weighted by molar-refractivity contribution is 0.101. The van der Waals surface area contributed by atoms with Crippen molar-refractivity contribution in [3.05, 3.63) is 27.8 Å². The number of halogens is 1. The molecule has 106 valence electrons. The Balaban J connectivity index is 3.16. The van der Waals surface area contributed by atoms with Gasteiger partial charge in [-0.05, 0) is 43.2 Å². The number of ketones is 1. The van der Waals surface area contributed by atoms with Gasteiger partial charge in [-0.1, -0.05) is 25.4 Å². The van der Waals surface area contributed by atoms with Gasteiger partial charge < -0.3 is 4.74 Å². The van der Waals surface area contributed by atoms with Crippen LogP contribution in [0.4, 0.5) is 0 Å². The number of aryl methyl sites for hydroxylation is 1. The highest BCUT2D eigenvalue weighted by Crippen LogP contribution is 2.32. The maximum absolute atomic E-state index is 12.4. The van der Waals surface area contributed by atoms with E-state index in [1.807, 2.05) is 26.8 Å². The second kappa shape index (κ2) is 7.20. The molecule has 1 aromatic carbocycles. The molecular weight excluding hydrogens is 280 g/mol. The highest BCUT2D eigenvalue weighted by Gasteiger charge is 2.19. The molecule has 0 saturated heterocycles. The van der Waals surface area contributed by atoms with Crippen LogP contribution in [0.5, 0.6) is 5.75 Å². The Hall–Kier alpha value is -0.670. The third-order valence-electron chi connectivity index (χ3n) is 2.77. The molecular formula is C15H21ClO2S. The highest BCUT2D eigenvalue weighted by molar-refractivity contribution is 8.00. The minimum atomic E-state index is 0.0848. The molecule has 0 spiro atoms. The monoisotopic (exact) mass is 300 g/mol. The van der Waals surface area contributed by atoms with E-state index in [0.29, 0.717) is 33.9 Å². The Labute approximate surface area is 124 Å². The summed E-state index contributed by atoms with van der Waals surface area (Å²) in [5.41, 5.74) is 2.39. The normalized spacial score (nSPS) is 10.9. The van der Waals surface area contributed by atoms with Crippen molar-refractivity contribution in [3.63, 3.8) is 0 Å². The average molecular weight is 301 g/mol. The van der Waals surface area contributed by atoms with Gasteiger partial charge in [-0.15, -0.1) is 0 Å². The second-order valence-electron chi connectivity index (χ2n) is 4.72. The van der Waals surface area contributed by atoms with Gasteiger partial charge in [0.05, 0.1) is 17.9 Å². The summed E-state index contributed by atoms with van der Waals surface area (Å²) in [5.74, 6) is 1.19. The fraction of sp³-hybridized carbons (Fsp3) is 0.533. The van der Waals surface area contributed by atoms with Crippen LogP contribution in [0.15, 0.2) is 6.07 Å². The van der Waals surface area contributed by atoms with E-state index >= 15 is 0 Å². The standard InChI is InChI=1S/C15H21ClO2S/c1-6-18-13-7-10(4)15(16)11(5)14(13)12(17)8-19-9(2)3/h7,9H,6,8H2,1-5H3. The molecule has 1 rings (SSSR count). The first-order valence-electron chi connectivity index (χ1n) is 6.45. The summed E-state index contributed by atoms with van der Waals surface area (Å²) in [6.45, 7) is 10.4. The lowest BCUT2D eigenvalue weighted by atomic mass is 10.0. The van der Waals surface area contributed by atoms with E-state index < -0.39 is 0 Å². The van der Waals surface area contributed by atoms with Gasteiger partial charge in [-0.2, -0.15) is 11.8 Å². The van der Waals surface area contributed by atoms with Gasteiger partial charge in [0, 0.05) is 5.02 Å². The number of hydrogen-bond donors (Lipinski definition) is 0. The largest absolute Gasteiger partial charge is 0.493 e. The van der Waals surface area contributed by atoms with Gasteiger partial charge in [0.25, 0.3) is 0 Å². The van der Waals surface area contributed by atoms with Gasteiger partial charge in [0.15, 0.2) is 5.78 Å². The summed E-state index contributed by atoms with van der Waals surface area (Å²) in [6, 6.07) is 1.85. The summed E-state index contributed by atoms with van der Waals surface area (Å²) < 4.78 is 5.59. The summed E-state index contributed by atoms with van der Waals surface area (Å²) in [5, 5.41) is 1.09. The van der Waals surface area contributed by atoms with Gasteiger partial charge in [-0.25, -0.2) is 0 Å². The highest BCUT2D eigenvalue weighted by atomic mass is 35.5. The Morgan fingerprint density at radius 1 is 1.42 bits per heavy atom. The van der Waals surface area contributed by atoms with Gasteiger partial charge in [0.1, 0.15) is 5.75 Å². The Kier molecular flexibility index (Phi) is 6.21. The zero-order valence-corrected chi connectivity index (χ0v) is 13.7. The zero-order valence-electron chi connectivity index (χ0n) is 12.2. The maximum atomic E-state index is 12.4. The molecule has 0 unspecified atom stereocenters. The number of Topliss-reactive ketones (excluding diaryl/α,β-unsaturated/α-hetero) is 1. The summed E-state index contributed by atoms with van der Waals surface area (Å²) in [6.07, 6.45) is 0. The number of carbonyl (C=O) groups is 1. The van der Waals surface area contributed by atoms with Crippen LogP contribution in [0.1, 0.15) is 42.3 Å². The SMILES string of the molecule is CCOc1cc(C)c(Cl)c(C)c1C(=O)CSC(C)C. The van der Waals surface area contributed by atoms with Crippen LogP contribution in [0, 0.1) is 13.8 Å². The number of carbonyl (C=O) groups excluding carboxylic acids is 1. The van der Waals surface area contributed by atoms with Crippen LogP contribution in [0.25, 0.3) is 0 Å². The van der Waals surface area contributed by atoms with Crippen LogP contribution in [-0.2, 0) is 0 Å². The van der Waals surface area contributed by atoms with E-state index in [-0.39, 0.29) is 5.78 Å². The van der Waals surface area contributed by atoms with Gasteiger partial charge in [0.2, 0.25) is 0 Å². The van der Waals surface area contributed by atoms with Crippen molar-refractivity contribution in [3.8, 4) is 5.75 Å². The smallest absolute Gasteiger partial charge is 0.176 e. The molecule has 0 fully saturated rings. The van der Waals surface area contributed by atoms with E-state index in [1.54, 1.807) is 11.8 Å². The summed E-state index contributed by atoms with van der Waals surface area (Å²) in [7, 11) is 0. The van der Waals surface area contributed by atoms with E-state index in [4.69, 9.17) is 16.3 Å². The molecule has 1 aromatic rings.